The Bertz CT molecular complexity index is 1160. The van der Waals surface area contributed by atoms with E-state index in [4.69, 9.17) is 15.5 Å². The van der Waals surface area contributed by atoms with Crippen molar-refractivity contribution in [3.05, 3.63) is 59.5 Å². The first-order valence-corrected chi connectivity index (χ1v) is 11.5. The number of pyridine rings is 1. The second kappa shape index (κ2) is 10.8. The maximum Gasteiger partial charge on any atom is 0.270 e. The number of carbonyl (C=O) groups is 1. The van der Waals surface area contributed by atoms with Gasteiger partial charge >= 0.3 is 0 Å². The van der Waals surface area contributed by atoms with Crippen molar-refractivity contribution in [3.63, 3.8) is 0 Å². The van der Waals surface area contributed by atoms with Crippen LogP contribution in [0.1, 0.15) is 41.5 Å². The van der Waals surface area contributed by atoms with Gasteiger partial charge in [0.05, 0.1) is 18.0 Å². The molecule has 3 heterocycles. The highest BCUT2D eigenvalue weighted by Crippen LogP contribution is 2.23. The third-order valence-corrected chi connectivity index (χ3v) is 5.96. The molecule has 1 saturated heterocycles. The Morgan fingerprint density at radius 3 is 2.76 bits per heavy atom. The van der Waals surface area contributed by atoms with Gasteiger partial charge in [-0.1, -0.05) is 30.3 Å². The van der Waals surface area contributed by atoms with Gasteiger partial charge in [-0.15, -0.1) is 0 Å². The van der Waals surface area contributed by atoms with E-state index in [1.807, 2.05) is 42.6 Å². The molecule has 34 heavy (non-hydrogen) atoms. The molecule has 4 rings (SSSR count). The monoisotopic (exact) mass is 459 g/mol. The highest BCUT2D eigenvalue weighted by molar-refractivity contribution is 5.93. The molecule has 0 unspecified atom stereocenters. The minimum absolute atomic E-state index is 0.0947. The third-order valence-electron chi connectivity index (χ3n) is 5.96. The number of piperidine rings is 1. The number of H-pyrrole nitrogens is 1. The molecule has 1 aliphatic heterocycles. The van der Waals surface area contributed by atoms with Crippen LogP contribution in [0, 0.1) is 17.2 Å². The highest BCUT2D eigenvalue weighted by Gasteiger charge is 2.22. The maximum atomic E-state index is 12.6. The molecule has 9 nitrogen and oxygen atoms in total. The van der Waals surface area contributed by atoms with E-state index in [2.05, 4.69) is 20.2 Å². The summed E-state index contributed by atoms with van der Waals surface area (Å²) in [6, 6.07) is 13.5. The van der Waals surface area contributed by atoms with Gasteiger partial charge in [-0.25, -0.2) is 9.97 Å². The Balaban J connectivity index is 1.26. The number of nitrogens with one attached hydrogen (secondary N) is 2. The molecule has 0 spiro atoms. The summed E-state index contributed by atoms with van der Waals surface area (Å²) in [5.74, 6) is 1.06. The fraction of sp³-hybridized carbons (Fsp3) is 0.360. The molecular weight excluding hydrogens is 430 g/mol. The Morgan fingerprint density at radius 1 is 1.29 bits per heavy atom. The molecule has 1 aromatic carbocycles. The van der Waals surface area contributed by atoms with Crippen molar-refractivity contribution in [2.24, 2.45) is 5.92 Å². The predicted octanol–water partition coefficient (Wildman–Crippen LogP) is 2.97. The number of hydrogen-bond acceptors (Lipinski definition) is 7. The number of aromatic nitrogens is 3. The zero-order valence-corrected chi connectivity index (χ0v) is 19.3. The van der Waals surface area contributed by atoms with Gasteiger partial charge < -0.3 is 20.8 Å². The lowest BCUT2D eigenvalue weighted by atomic mass is 9.96. The van der Waals surface area contributed by atoms with Gasteiger partial charge in [-0.3, -0.25) is 9.69 Å². The zero-order valence-electron chi connectivity index (χ0n) is 19.3. The Hall–Kier alpha value is -3.90. The summed E-state index contributed by atoms with van der Waals surface area (Å²) in [6.45, 7) is 5.38. The van der Waals surface area contributed by atoms with Crippen LogP contribution >= 0.6 is 0 Å². The fourth-order valence-corrected chi connectivity index (χ4v) is 4.10. The summed E-state index contributed by atoms with van der Waals surface area (Å²) >= 11 is 0. The second-order valence-electron chi connectivity index (χ2n) is 8.36. The number of aromatic amines is 1. The first kappa shape index (κ1) is 23.3. The van der Waals surface area contributed by atoms with Crippen LogP contribution in [0.2, 0.25) is 0 Å². The number of nitriles is 1. The molecule has 0 saturated carbocycles. The van der Waals surface area contributed by atoms with Gasteiger partial charge in [0, 0.05) is 24.8 Å². The molecule has 0 bridgehead atoms. The number of nitrogens with two attached hydrogens (primary N) is 1. The molecule has 3 aromatic rings. The number of likely N-dealkylation sites (tertiary alicyclic amines) is 1. The summed E-state index contributed by atoms with van der Waals surface area (Å²) < 4.78 is 5.37. The minimum Gasteiger partial charge on any atom is -0.477 e. The molecular formula is C25H29N7O2. The van der Waals surface area contributed by atoms with E-state index in [9.17, 15) is 10.1 Å². The quantitative estimate of drug-likeness (QED) is 0.472. The Kier molecular flexibility index (Phi) is 7.40. The Morgan fingerprint density at radius 2 is 2.06 bits per heavy atom. The van der Waals surface area contributed by atoms with Gasteiger partial charge in [0.2, 0.25) is 5.88 Å². The van der Waals surface area contributed by atoms with E-state index in [-0.39, 0.29) is 28.7 Å². The van der Waals surface area contributed by atoms with Crippen LogP contribution in [0.5, 0.6) is 5.88 Å². The van der Waals surface area contributed by atoms with Crippen LogP contribution in [0.4, 0.5) is 5.69 Å². The van der Waals surface area contributed by atoms with Crippen LogP contribution in [0.3, 0.4) is 0 Å². The highest BCUT2D eigenvalue weighted by atomic mass is 16.5. The molecule has 176 valence electrons. The van der Waals surface area contributed by atoms with Gasteiger partial charge in [0.15, 0.2) is 0 Å². The van der Waals surface area contributed by atoms with E-state index in [1.165, 1.54) is 6.07 Å². The van der Waals surface area contributed by atoms with E-state index in [1.54, 1.807) is 6.92 Å². The average Bonchev–Trinajstić information content (AvgIpc) is 3.32. The zero-order chi connectivity index (χ0) is 23.9. The molecule has 1 aliphatic rings. The lowest BCUT2D eigenvalue weighted by Gasteiger charge is -2.31. The molecule has 0 aliphatic carbocycles. The minimum atomic E-state index is -0.315. The lowest BCUT2D eigenvalue weighted by molar-refractivity contribution is 0.0929. The SMILES string of the molecule is CCOc1nc(C(=O)NCC2CCN(Cc3c[nH]c(-c4ccccc4)n3)CC2)cc(N)c1C#N. The van der Waals surface area contributed by atoms with Gasteiger partial charge in [-0.05, 0) is 44.8 Å². The summed E-state index contributed by atoms with van der Waals surface area (Å²) in [5, 5.41) is 12.2. The van der Waals surface area contributed by atoms with Gasteiger partial charge in [-0.2, -0.15) is 5.26 Å². The topological polar surface area (TPSA) is 133 Å². The van der Waals surface area contributed by atoms with Crippen molar-refractivity contribution in [1.29, 1.82) is 5.26 Å². The van der Waals surface area contributed by atoms with Crippen LogP contribution < -0.4 is 15.8 Å². The first-order chi connectivity index (χ1) is 16.6. The van der Waals surface area contributed by atoms with E-state index < -0.39 is 0 Å². The molecule has 4 N–H and O–H groups in total. The fourth-order valence-electron chi connectivity index (χ4n) is 4.10. The van der Waals surface area contributed by atoms with Crippen LogP contribution in [0.15, 0.2) is 42.6 Å². The number of rotatable bonds is 8. The first-order valence-electron chi connectivity index (χ1n) is 11.5. The number of ether oxygens (including phenoxy) is 1. The van der Waals surface area contributed by atoms with Crippen molar-refractivity contribution in [2.75, 3.05) is 32.0 Å². The predicted molar refractivity (Wildman–Crippen MR) is 129 cm³/mol. The third kappa shape index (κ3) is 5.53. The number of hydrogen-bond donors (Lipinski definition) is 3. The molecule has 0 atom stereocenters. The lowest BCUT2D eigenvalue weighted by Crippen LogP contribution is -2.38. The second-order valence-corrected chi connectivity index (χ2v) is 8.36. The van der Waals surface area contributed by atoms with Crippen molar-refractivity contribution in [3.8, 4) is 23.3 Å². The number of amides is 1. The molecule has 0 radical (unpaired) electrons. The number of nitrogen functional groups attached to an aromatic ring is 1. The largest absolute Gasteiger partial charge is 0.477 e. The summed E-state index contributed by atoms with van der Waals surface area (Å²) in [7, 11) is 0. The molecule has 1 fully saturated rings. The summed E-state index contributed by atoms with van der Waals surface area (Å²) in [6.07, 6.45) is 3.95. The molecule has 2 aromatic heterocycles. The number of benzene rings is 1. The van der Waals surface area contributed by atoms with E-state index in [0.717, 1.165) is 49.6 Å². The number of anilines is 1. The van der Waals surface area contributed by atoms with Crippen molar-refractivity contribution >= 4 is 11.6 Å². The Labute approximate surface area is 199 Å². The van der Waals surface area contributed by atoms with E-state index >= 15 is 0 Å². The van der Waals surface area contributed by atoms with Crippen molar-refractivity contribution in [1.82, 2.24) is 25.2 Å². The average molecular weight is 460 g/mol. The van der Waals surface area contributed by atoms with Crippen molar-refractivity contribution in [2.45, 2.75) is 26.3 Å². The van der Waals surface area contributed by atoms with Crippen molar-refractivity contribution < 1.29 is 9.53 Å². The normalized spacial score (nSPS) is 14.5. The van der Waals surface area contributed by atoms with Gasteiger partial charge in [0.1, 0.15) is 23.2 Å². The number of imidazole rings is 1. The standard InChI is InChI=1S/C25H29N7O2/c1-2-34-25-20(13-26)21(27)12-22(31-25)24(33)29-14-17-8-10-32(11-9-17)16-19-15-28-23(30-19)18-6-4-3-5-7-18/h3-7,12,15,17H,2,8-11,14,16H2,1H3,(H2,27,31)(H,28,30)(H,29,33). The smallest absolute Gasteiger partial charge is 0.270 e. The number of carbonyl (C=O) groups excluding carboxylic acids is 1. The maximum absolute atomic E-state index is 12.6. The molecule has 9 heteroatoms. The van der Waals surface area contributed by atoms with Crippen LogP contribution in [-0.2, 0) is 6.54 Å². The molecule has 1 amide bonds. The van der Waals surface area contributed by atoms with Crippen LogP contribution in [0.25, 0.3) is 11.4 Å². The van der Waals surface area contributed by atoms with Crippen LogP contribution in [-0.4, -0.2) is 52.0 Å². The van der Waals surface area contributed by atoms with Gasteiger partial charge in [0.25, 0.3) is 5.91 Å². The summed E-state index contributed by atoms with van der Waals surface area (Å²) in [4.78, 5) is 27.2. The van der Waals surface area contributed by atoms with E-state index in [0.29, 0.717) is 19.1 Å². The number of nitrogens with zero attached hydrogens (tertiary/aromatic N) is 4. The summed E-state index contributed by atoms with van der Waals surface area (Å²) in [5.41, 5.74) is 8.52.